The normalized spacial score (nSPS) is 11.6. The number of fused-ring (bicyclic) bond motifs is 1. The summed E-state index contributed by atoms with van der Waals surface area (Å²) in [5.74, 6) is -3.64. The molecule has 0 aliphatic carbocycles. The molecule has 0 spiro atoms. The molecule has 0 saturated carbocycles. The SMILES string of the molecule is Cc1c(C(F)(F)C[N+](=O)[O-])nc2ccccc2c1-c1ccccc1. The lowest BCUT2D eigenvalue weighted by Crippen LogP contribution is -2.27. The first kappa shape index (κ1) is 16.0. The van der Waals surface area contributed by atoms with Crippen LogP contribution in [0.25, 0.3) is 22.0 Å². The van der Waals surface area contributed by atoms with Crippen LogP contribution < -0.4 is 0 Å². The van der Waals surface area contributed by atoms with Crippen LogP contribution in [-0.2, 0) is 5.92 Å². The van der Waals surface area contributed by atoms with Crippen LogP contribution in [0.2, 0.25) is 0 Å². The number of hydrogen-bond donors (Lipinski definition) is 0. The zero-order valence-corrected chi connectivity index (χ0v) is 12.9. The highest BCUT2D eigenvalue weighted by Gasteiger charge is 2.42. The minimum atomic E-state index is -3.64. The van der Waals surface area contributed by atoms with Gasteiger partial charge in [0.1, 0.15) is 5.69 Å². The summed E-state index contributed by atoms with van der Waals surface area (Å²) in [6.45, 7) is 0.0539. The number of nitrogens with zero attached hydrogens (tertiary/aromatic N) is 2. The second-order valence-corrected chi connectivity index (χ2v) is 5.54. The summed E-state index contributed by atoms with van der Waals surface area (Å²) in [6.07, 6.45) is 0. The molecule has 0 saturated heterocycles. The van der Waals surface area contributed by atoms with Gasteiger partial charge in [0.25, 0.3) is 6.54 Å². The molecule has 122 valence electrons. The number of nitro groups is 1. The number of benzene rings is 2. The van der Waals surface area contributed by atoms with Crippen molar-refractivity contribution in [2.24, 2.45) is 0 Å². The first-order chi connectivity index (χ1) is 11.4. The molecule has 6 heteroatoms. The Bertz CT molecular complexity index is 912. The van der Waals surface area contributed by atoms with E-state index in [0.29, 0.717) is 11.1 Å². The molecule has 0 aliphatic heterocycles. The van der Waals surface area contributed by atoms with E-state index in [1.54, 1.807) is 12.1 Å². The molecule has 24 heavy (non-hydrogen) atoms. The van der Waals surface area contributed by atoms with E-state index in [1.807, 2.05) is 42.5 Å². The van der Waals surface area contributed by atoms with Gasteiger partial charge in [-0.05, 0) is 29.7 Å². The van der Waals surface area contributed by atoms with E-state index in [1.165, 1.54) is 6.92 Å². The summed E-state index contributed by atoms with van der Waals surface area (Å²) >= 11 is 0. The molecule has 0 unspecified atom stereocenters. The molecule has 0 radical (unpaired) electrons. The standard InChI is InChI=1S/C18H14F2N2O2/c1-12-16(13-7-3-2-4-8-13)14-9-5-6-10-15(14)21-17(12)18(19,20)11-22(23)24/h2-10H,11H2,1H3. The van der Waals surface area contributed by atoms with Crippen LogP contribution in [0.5, 0.6) is 0 Å². The third-order valence-electron chi connectivity index (χ3n) is 3.87. The summed E-state index contributed by atoms with van der Waals surface area (Å²) in [5, 5.41) is 11.4. The van der Waals surface area contributed by atoms with Crippen molar-refractivity contribution in [3.8, 4) is 11.1 Å². The Hall–Kier alpha value is -2.89. The van der Waals surface area contributed by atoms with Gasteiger partial charge in [-0.3, -0.25) is 10.1 Å². The molecular formula is C18H14F2N2O2. The van der Waals surface area contributed by atoms with Crippen molar-refractivity contribution in [2.75, 3.05) is 6.54 Å². The fourth-order valence-electron chi connectivity index (χ4n) is 2.88. The average molecular weight is 328 g/mol. The van der Waals surface area contributed by atoms with Gasteiger partial charge in [0, 0.05) is 10.3 Å². The number of pyridine rings is 1. The molecule has 0 atom stereocenters. The number of hydrogen-bond acceptors (Lipinski definition) is 3. The molecule has 3 rings (SSSR count). The monoisotopic (exact) mass is 328 g/mol. The minimum absolute atomic E-state index is 0.256. The van der Waals surface area contributed by atoms with Gasteiger partial charge >= 0.3 is 5.92 Å². The quantitative estimate of drug-likeness (QED) is 0.520. The fraction of sp³-hybridized carbons (Fsp3) is 0.167. The summed E-state index contributed by atoms with van der Waals surface area (Å²) in [6, 6.07) is 16.1. The summed E-state index contributed by atoms with van der Waals surface area (Å²) in [4.78, 5) is 13.6. The second kappa shape index (κ2) is 5.96. The number of halogens is 2. The topological polar surface area (TPSA) is 56.0 Å². The lowest BCUT2D eigenvalue weighted by molar-refractivity contribution is -0.508. The molecule has 2 aromatic carbocycles. The number of rotatable bonds is 4. The summed E-state index contributed by atoms with van der Waals surface area (Å²) < 4.78 is 28.8. The van der Waals surface area contributed by atoms with Gasteiger partial charge in [-0.25, -0.2) is 4.98 Å². The fourth-order valence-corrected chi connectivity index (χ4v) is 2.88. The highest BCUT2D eigenvalue weighted by Crippen LogP contribution is 2.38. The molecule has 0 amide bonds. The van der Waals surface area contributed by atoms with Crippen LogP contribution >= 0.6 is 0 Å². The van der Waals surface area contributed by atoms with Crippen molar-refractivity contribution < 1.29 is 13.7 Å². The van der Waals surface area contributed by atoms with Gasteiger partial charge in [-0.15, -0.1) is 0 Å². The van der Waals surface area contributed by atoms with Crippen LogP contribution in [0.4, 0.5) is 8.78 Å². The Balaban J connectivity index is 2.34. The van der Waals surface area contributed by atoms with E-state index in [-0.39, 0.29) is 5.56 Å². The maximum Gasteiger partial charge on any atom is 0.352 e. The molecule has 1 aromatic heterocycles. The zero-order chi connectivity index (χ0) is 17.3. The van der Waals surface area contributed by atoms with Crippen LogP contribution in [0.1, 0.15) is 11.3 Å². The summed E-state index contributed by atoms with van der Waals surface area (Å²) in [7, 11) is 0. The van der Waals surface area contributed by atoms with Crippen LogP contribution in [0.3, 0.4) is 0 Å². The third-order valence-corrected chi connectivity index (χ3v) is 3.87. The van der Waals surface area contributed by atoms with Crippen molar-refractivity contribution in [2.45, 2.75) is 12.8 Å². The van der Waals surface area contributed by atoms with Crippen molar-refractivity contribution in [1.82, 2.24) is 4.98 Å². The lowest BCUT2D eigenvalue weighted by atomic mass is 9.93. The van der Waals surface area contributed by atoms with Crippen molar-refractivity contribution in [3.05, 3.63) is 76.0 Å². The van der Waals surface area contributed by atoms with E-state index in [4.69, 9.17) is 0 Å². The first-order valence-electron chi connectivity index (χ1n) is 7.35. The maximum absolute atomic E-state index is 14.4. The molecule has 4 nitrogen and oxygen atoms in total. The predicted molar refractivity (Wildman–Crippen MR) is 87.7 cm³/mol. The van der Waals surface area contributed by atoms with Gasteiger partial charge in [0.05, 0.1) is 5.52 Å². The van der Waals surface area contributed by atoms with Crippen molar-refractivity contribution >= 4 is 10.9 Å². The molecule has 0 fully saturated rings. The molecule has 1 heterocycles. The maximum atomic E-state index is 14.4. The number of alkyl halides is 2. The Labute approximate surface area is 136 Å². The van der Waals surface area contributed by atoms with Crippen LogP contribution in [-0.4, -0.2) is 16.5 Å². The average Bonchev–Trinajstić information content (AvgIpc) is 2.53. The Morgan fingerprint density at radius 2 is 1.71 bits per heavy atom. The van der Waals surface area contributed by atoms with Crippen molar-refractivity contribution in [3.63, 3.8) is 0 Å². The smallest absolute Gasteiger partial charge is 0.264 e. The van der Waals surface area contributed by atoms with Gasteiger partial charge in [-0.1, -0.05) is 48.5 Å². The second-order valence-electron chi connectivity index (χ2n) is 5.54. The number of para-hydroxylation sites is 1. The molecular weight excluding hydrogens is 314 g/mol. The molecule has 0 bridgehead atoms. The van der Waals surface area contributed by atoms with Gasteiger partial charge in [0.15, 0.2) is 0 Å². The zero-order valence-electron chi connectivity index (χ0n) is 12.9. The van der Waals surface area contributed by atoms with E-state index in [9.17, 15) is 18.9 Å². The molecule has 3 aromatic rings. The summed E-state index contributed by atoms with van der Waals surface area (Å²) in [5.41, 5.74) is 1.49. The van der Waals surface area contributed by atoms with Crippen molar-refractivity contribution in [1.29, 1.82) is 0 Å². The van der Waals surface area contributed by atoms with E-state index < -0.39 is 23.1 Å². The first-order valence-corrected chi connectivity index (χ1v) is 7.35. The third kappa shape index (κ3) is 2.82. The lowest BCUT2D eigenvalue weighted by Gasteiger charge is -2.19. The van der Waals surface area contributed by atoms with E-state index in [0.717, 1.165) is 10.9 Å². The highest BCUT2D eigenvalue weighted by atomic mass is 19.3. The van der Waals surface area contributed by atoms with E-state index in [2.05, 4.69) is 4.98 Å². The van der Waals surface area contributed by atoms with Crippen LogP contribution in [0.15, 0.2) is 54.6 Å². The molecule has 0 N–H and O–H groups in total. The number of aromatic nitrogens is 1. The van der Waals surface area contributed by atoms with E-state index >= 15 is 0 Å². The van der Waals surface area contributed by atoms with Gasteiger partial charge < -0.3 is 0 Å². The highest BCUT2D eigenvalue weighted by molar-refractivity contribution is 5.96. The molecule has 0 aliphatic rings. The van der Waals surface area contributed by atoms with Gasteiger partial charge in [-0.2, -0.15) is 8.78 Å². The Kier molecular flexibility index (Phi) is 3.97. The van der Waals surface area contributed by atoms with Gasteiger partial charge in [0.2, 0.25) is 0 Å². The minimum Gasteiger partial charge on any atom is -0.264 e. The largest absolute Gasteiger partial charge is 0.352 e. The Morgan fingerprint density at radius 1 is 1.08 bits per heavy atom. The Morgan fingerprint density at radius 3 is 2.38 bits per heavy atom. The van der Waals surface area contributed by atoms with Crippen LogP contribution in [0, 0.1) is 17.0 Å². The predicted octanol–water partition coefficient (Wildman–Crippen LogP) is 4.58.